The first kappa shape index (κ1) is 10.7. The molecule has 0 spiro atoms. The van der Waals surface area contributed by atoms with Crippen LogP contribution in [0.5, 0.6) is 5.75 Å². The summed E-state index contributed by atoms with van der Waals surface area (Å²) in [4.78, 5) is 12.5. The van der Waals surface area contributed by atoms with E-state index in [4.69, 9.17) is 4.74 Å². The lowest BCUT2D eigenvalue weighted by atomic mass is 10.3. The molecule has 1 heterocycles. The zero-order valence-corrected chi connectivity index (χ0v) is 9.37. The Morgan fingerprint density at radius 2 is 2.00 bits per heavy atom. The Hall–Kier alpha value is -1.81. The van der Waals surface area contributed by atoms with Gasteiger partial charge in [-0.05, 0) is 23.6 Å². The van der Waals surface area contributed by atoms with E-state index in [1.54, 1.807) is 23.5 Å². The molecule has 2 aromatic rings. The molecule has 0 aliphatic heterocycles. The summed E-state index contributed by atoms with van der Waals surface area (Å²) in [6.45, 7) is 0.503. The number of ether oxygens (including phenoxy) is 1. The normalized spacial score (nSPS) is 9.75. The van der Waals surface area contributed by atoms with E-state index in [2.05, 4.69) is 5.32 Å². The molecule has 0 bridgehead atoms. The van der Waals surface area contributed by atoms with Gasteiger partial charge >= 0.3 is 6.09 Å². The highest BCUT2D eigenvalue weighted by molar-refractivity contribution is 7.09. The van der Waals surface area contributed by atoms with Crippen molar-refractivity contribution in [2.24, 2.45) is 0 Å². The number of carbonyl (C=O) groups excluding carboxylic acids is 1. The van der Waals surface area contributed by atoms with E-state index >= 15 is 0 Å². The standard InChI is InChI=1S/C12H11NO2S/c14-12(13-9-11-7-4-8-16-11)15-10-5-2-1-3-6-10/h1-8H,9H2,(H,13,14). The molecule has 4 heteroatoms. The predicted molar refractivity (Wildman–Crippen MR) is 63.6 cm³/mol. The van der Waals surface area contributed by atoms with Crippen molar-refractivity contribution in [3.8, 4) is 5.75 Å². The zero-order chi connectivity index (χ0) is 11.2. The number of benzene rings is 1. The van der Waals surface area contributed by atoms with Gasteiger partial charge in [0.15, 0.2) is 0 Å². The lowest BCUT2D eigenvalue weighted by Crippen LogP contribution is -2.25. The minimum Gasteiger partial charge on any atom is -0.410 e. The second-order valence-electron chi connectivity index (χ2n) is 3.14. The SMILES string of the molecule is O=C(NCc1cccs1)Oc1ccccc1. The molecule has 1 aromatic heterocycles. The third kappa shape index (κ3) is 3.10. The highest BCUT2D eigenvalue weighted by Gasteiger charge is 2.03. The van der Waals surface area contributed by atoms with Crippen molar-refractivity contribution < 1.29 is 9.53 Å². The first-order valence-electron chi connectivity index (χ1n) is 4.88. The Bertz CT molecular complexity index is 439. The molecule has 0 aliphatic carbocycles. The second-order valence-corrected chi connectivity index (χ2v) is 4.17. The van der Waals surface area contributed by atoms with E-state index in [0.29, 0.717) is 12.3 Å². The van der Waals surface area contributed by atoms with Crippen LogP contribution in [0.15, 0.2) is 47.8 Å². The van der Waals surface area contributed by atoms with Crippen LogP contribution in [0.3, 0.4) is 0 Å². The van der Waals surface area contributed by atoms with E-state index in [0.717, 1.165) is 4.88 Å². The van der Waals surface area contributed by atoms with Crippen LogP contribution in [0.25, 0.3) is 0 Å². The van der Waals surface area contributed by atoms with Gasteiger partial charge in [0, 0.05) is 4.88 Å². The van der Waals surface area contributed by atoms with Crippen molar-refractivity contribution in [3.05, 3.63) is 52.7 Å². The summed E-state index contributed by atoms with van der Waals surface area (Å²) < 4.78 is 5.07. The maximum atomic E-state index is 11.4. The molecular weight excluding hydrogens is 222 g/mol. The van der Waals surface area contributed by atoms with Gasteiger partial charge in [0.05, 0.1) is 6.54 Å². The Morgan fingerprint density at radius 1 is 1.19 bits per heavy atom. The van der Waals surface area contributed by atoms with Crippen LogP contribution >= 0.6 is 11.3 Å². The topological polar surface area (TPSA) is 38.3 Å². The molecule has 0 saturated heterocycles. The van der Waals surface area contributed by atoms with Gasteiger partial charge in [-0.25, -0.2) is 4.79 Å². The summed E-state index contributed by atoms with van der Waals surface area (Å²) in [6.07, 6.45) is -0.431. The smallest absolute Gasteiger partial charge is 0.410 e. The van der Waals surface area contributed by atoms with Crippen molar-refractivity contribution in [3.63, 3.8) is 0 Å². The Morgan fingerprint density at radius 3 is 2.69 bits per heavy atom. The average Bonchev–Trinajstić information content (AvgIpc) is 2.81. The largest absolute Gasteiger partial charge is 0.412 e. The van der Waals surface area contributed by atoms with E-state index in [1.807, 2.05) is 35.7 Å². The van der Waals surface area contributed by atoms with Crippen LogP contribution in [-0.4, -0.2) is 6.09 Å². The van der Waals surface area contributed by atoms with Crippen LogP contribution in [0.2, 0.25) is 0 Å². The van der Waals surface area contributed by atoms with E-state index in [-0.39, 0.29) is 0 Å². The molecule has 82 valence electrons. The summed E-state index contributed by atoms with van der Waals surface area (Å²) in [5, 5.41) is 4.65. The van der Waals surface area contributed by atoms with Crippen molar-refractivity contribution in [2.75, 3.05) is 0 Å². The average molecular weight is 233 g/mol. The maximum absolute atomic E-state index is 11.4. The number of para-hydroxylation sites is 1. The third-order valence-corrected chi connectivity index (χ3v) is 2.82. The van der Waals surface area contributed by atoms with Gasteiger partial charge in [-0.2, -0.15) is 0 Å². The number of thiophene rings is 1. The van der Waals surface area contributed by atoms with Crippen LogP contribution in [0.1, 0.15) is 4.88 Å². The molecule has 0 aliphatic rings. The third-order valence-electron chi connectivity index (χ3n) is 1.94. The van der Waals surface area contributed by atoms with Gasteiger partial charge in [0.25, 0.3) is 0 Å². The Kier molecular flexibility index (Phi) is 3.56. The summed E-state index contributed by atoms with van der Waals surface area (Å²) in [5.74, 6) is 0.547. The summed E-state index contributed by atoms with van der Waals surface area (Å²) in [5.41, 5.74) is 0. The molecule has 2 rings (SSSR count). The molecule has 1 aromatic carbocycles. The molecular formula is C12H11NO2S. The lowest BCUT2D eigenvalue weighted by Gasteiger charge is -2.04. The van der Waals surface area contributed by atoms with Gasteiger partial charge < -0.3 is 10.1 Å². The molecule has 1 N–H and O–H groups in total. The van der Waals surface area contributed by atoms with Crippen LogP contribution in [0, 0.1) is 0 Å². The highest BCUT2D eigenvalue weighted by Crippen LogP contribution is 2.10. The minimum absolute atomic E-state index is 0.431. The minimum atomic E-state index is -0.431. The van der Waals surface area contributed by atoms with Crippen LogP contribution in [0.4, 0.5) is 4.79 Å². The van der Waals surface area contributed by atoms with E-state index < -0.39 is 6.09 Å². The van der Waals surface area contributed by atoms with Crippen molar-refractivity contribution in [1.82, 2.24) is 5.32 Å². The van der Waals surface area contributed by atoms with Gasteiger partial charge in [0.2, 0.25) is 0 Å². The Balaban J connectivity index is 1.81. The number of amides is 1. The molecule has 0 unspecified atom stereocenters. The maximum Gasteiger partial charge on any atom is 0.412 e. The van der Waals surface area contributed by atoms with Gasteiger partial charge in [0.1, 0.15) is 5.75 Å². The first-order valence-corrected chi connectivity index (χ1v) is 5.75. The summed E-state index contributed by atoms with van der Waals surface area (Å²) in [7, 11) is 0. The molecule has 0 atom stereocenters. The zero-order valence-electron chi connectivity index (χ0n) is 8.55. The van der Waals surface area contributed by atoms with Crippen LogP contribution in [-0.2, 0) is 6.54 Å². The van der Waals surface area contributed by atoms with Gasteiger partial charge in [-0.15, -0.1) is 11.3 Å². The predicted octanol–water partition coefficient (Wildman–Crippen LogP) is 3.04. The molecule has 16 heavy (non-hydrogen) atoms. The van der Waals surface area contributed by atoms with Crippen LogP contribution < -0.4 is 10.1 Å². The summed E-state index contributed by atoms with van der Waals surface area (Å²) in [6, 6.07) is 12.9. The fourth-order valence-corrected chi connectivity index (χ4v) is 1.85. The van der Waals surface area contributed by atoms with Gasteiger partial charge in [-0.1, -0.05) is 24.3 Å². The number of nitrogens with one attached hydrogen (secondary N) is 1. The van der Waals surface area contributed by atoms with Gasteiger partial charge in [-0.3, -0.25) is 0 Å². The number of hydrogen-bond donors (Lipinski definition) is 1. The van der Waals surface area contributed by atoms with Crippen molar-refractivity contribution in [1.29, 1.82) is 0 Å². The van der Waals surface area contributed by atoms with Crippen molar-refractivity contribution in [2.45, 2.75) is 6.54 Å². The summed E-state index contributed by atoms with van der Waals surface area (Å²) >= 11 is 1.60. The highest BCUT2D eigenvalue weighted by atomic mass is 32.1. The lowest BCUT2D eigenvalue weighted by molar-refractivity contribution is 0.200. The first-order chi connectivity index (χ1) is 7.84. The molecule has 0 fully saturated rings. The number of rotatable bonds is 3. The second kappa shape index (κ2) is 5.32. The monoisotopic (exact) mass is 233 g/mol. The molecule has 0 saturated carbocycles. The fourth-order valence-electron chi connectivity index (χ4n) is 1.20. The number of hydrogen-bond acceptors (Lipinski definition) is 3. The molecule has 1 amide bonds. The Labute approximate surface area is 97.7 Å². The van der Waals surface area contributed by atoms with E-state index in [9.17, 15) is 4.79 Å². The van der Waals surface area contributed by atoms with Crippen molar-refractivity contribution >= 4 is 17.4 Å². The van der Waals surface area contributed by atoms with E-state index in [1.165, 1.54) is 0 Å². The molecule has 0 radical (unpaired) electrons. The number of carbonyl (C=O) groups is 1. The molecule has 3 nitrogen and oxygen atoms in total. The quantitative estimate of drug-likeness (QED) is 0.884. The fraction of sp³-hybridized carbons (Fsp3) is 0.0833.